The van der Waals surface area contributed by atoms with Gasteiger partial charge in [-0.3, -0.25) is 14.9 Å². The van der Waals surface area contributed by atoms with Crippen molar-refractivity contribution in [2.75, 3.05) is 19.0 Å². The quantitative estimate of drug-likeness (QED) is 0.555. The Morgan fingerprint density at radius 2 is 2.04 bits per heavy atom. The molecule has 2 aromatic rings. The predicted molar refractivity (Wildman–Crippen MR) is 95.7 cm³/mol. The van der Waals surface area contributed by atoms with E-state index in [0.29, 0.717) is 11.3 Å². The van der Waals surface area contributed by atoms with Gasteiger partial charge < -0.3 is 15.4 Å². The molecule has 26 heavy (non-hydrogen) atoms. The molecule has 0 bridgehead atoms. The fourth-order valence-corrected chi connectivity index (χ4v) is 2.44. The molecule has 8 heteroatoms. The molecule has 0 radical (unpaired) electrons. The van der Waals surface area contributed by atoms with E-state index >= 15 is 0 Å². The number of hydrogen-bond donors (Lipinski definition) is 2. The minimum Gasteiger partial charge on any atom is -0.494 e. The van der Waals surface area contributed by atoms with Gasteiger partial charge in [0.25, 0.3) is 5.69 Å². The van der Waals surface area contributed by atoms with Gasteiger partial charge in [0.15, 0.2) is 11.6 Å². The van der Waals surface area contributed by atoms with Crippen LogP contribution in [0.1, 0.15) is 24.9 Å². The maximum Gasteiger partial charge on any atom is 0.292 e. The number of nitrogens with one attached hydrogen (secondary N) is 2. The lowest BCUT2D eigenvalue weighted by Crippen LogP contribution is -2.28. The summed E-state index contributed by atoms with van der Waals surface area (Å²) in [5, 5.41) is 16.6. The number of para-hydroxylation sites is 2. The second kappa shape index (κ2) is 8.80. The molecule has 0 aliphatic heterocycles. The lowest BCUT2D eigenvalue weighted by atomic mass is 10.1. The van der Waals surface area contributed by atoms with Gasteiger partial charge in [-0.05, 0) is 30.7 Å². The molecule has 0 fully saturated rings. The molecule has 138 valence electrons. The molecule has 1 atom stereocenters. The van der Waals surface area contributed by atoms with E-state index < -0.39 is 10.7 Å². The molecule has 2 N–H and O–H groups in total. The van der Waals surface area contributed by atoms with Crippen LogP contribution in [0.5, 0.6) is 5.75 Å². The van der Waals surface area contributed by atoms with Gasteiger partial charge in [-0.1, -0.05) is 18.2 Å². The lowest BCUT2D eigenvalue weighted by Gasteiger charge is -2.15. The zero-order valence-corrected chi connectivity index (χ0v) is 14.5. The number of ether oxygens (including phenoxy) is 1. The molecule has 0 spiro atoms. The normalized spacial score (nSPS) is 11.5. The second-order valence-corrected chi connectivity index (χ2v) is 5.63. The summed E-state index contributed by atoms with van der Waals surface area (Å²) in [6.07, 6.45) is 0.120. The Labute approximate surface area is 150 Å². The van der Waals surface area contributed by atoms with Crippen LogP contribution in [0.3, 0.4) is 0 Å². The van der Waals surface area contributed by atoms with Gasteiger partial charge in [0.2, 0.25) is 5.91 Å². The minimum atomic E-state index is -0.496. The highest BCUT2D eigenvalue weighted by Crippen LogP contribution is 2.23. The largest absolute Gasteiger partial charge is 0.494 e. The number of nitro benzene ring substituents is 1. The van der Waals surface area contributed by atoms with Gasteiger partial charge in [-0.15, -0.1) is 0 Å². The smallest absolute Gasteiger partial charge is 0.292 e. The number of carbonyl (C=O) groups excluding carboxylic acids is 1. The molecule has 2 rings (SSSR count). The molecular formula is C18H20FN3O4. The average Bonchev–Trinajstić information content (AvgIpc) is 2.61. The maximum atomic E-state index is 13.7. The number of carbonyl (C=O) groups is 1. The first-order chi connectivity index (χ1) is 12.4. The van der Waals surface area contributed by atoms with Crippen molar-refractivity contribution >= 4 is 17.3 Å². The number of nitro groups is 1. The third kappa shape index (κ3) is 4.92. The molecule has 0 heterocycles. The molecule has 7 nitrogen and oxygen atoms in total. The number of benzene rings is 2. The first-order valence-corrected chi connectivity index (χ1v) is 8.02. The number of amides is 1. The van der Waals surface area contributed by atoms with Crippen LogP contribution in [0.25, 0.3) is 0 Å². The molecule has 0 saturated heterocycles. The molecule has 0 saturated carbocycles. The summed E-state index contributed by atoms with van der Waals surface area (Å²) in [6.45, 7) is 1.98. The van der Waals surface area contributed by atoms with Crippen LogP contribution in [0.4, 0.5) is 15.8 Å². The molecule has 0 aliphatic carbocycles. The van der Waals surface area contributed by atoms with Gasteiger partial charge in [0.05, 0.1) is 18.1 Å². The SMILES string of the molecule is COc1ccc(C(C)NC(=O)CCNc2ccccc2[N+](=O)[O-])cc1F. The first-order valence-electron chi connectivity index (χ1n) is 8.02. The van der Waals surface area contributed by atoms with Gasteiger partial charge >= 0.3 is 0 Å². The number of methoxy groups -OCH3 is 1. The molecule has 0 aliphatic rings. The van der Waals surface area contributed by atoms with Crippen LogP contribution in [-0.4, -0.2) is 24.5 Å². The van der Waals surface area contributed by atoms with E-state index in [1.165, 1.54) is 25.3 Å². The molecule has 2 aromatic carbocycles. The number of rotatable bonds is 8. The van der Waals surface area contributed by atoms with E-state index in [0.717, 1.165) is 0 Å². The van der Waals surface area contributed by atoms with E-state index in [-0.39, 0.29) is 36.4 Å². The molecule has 1 amide bonds. The Morgan fingerprint density at radius 3 is 2.69 bits per heavy atom. The van der Waals surface area contributed by atoms with Crippen LogP contribution in [0, 0.1) is 15.9 Å². The van der Waals surface area contributed by atoms with Crippen molar-refractivity contribution in [3.05, 3.63) is 64.0 Å². The zero-order chi connectivity index (χ0) is 19.1. The third-order valence-electron chi connectivity index (χ3n) is 3.82. The summed E-state index contributed by atoms with van der Waals surface area (Å²) in [6, 6.07) is 10.3. The van der Waals surface area contributed by atoms with Crippen molar-refractivity contribution in [3.8, 4) is 5.75 Å². The highest BCUT2D eigenvalue weighted by Gasteiger charge is 2.14. The summed E-state index contributed by atoms with van der Waals surface area (Å²) in [7, 11) is 1.38. The van der Waals surface area contributed by atoms with E-state index in [2.05, 4.69) is 10.6 Å². The predicted octanol–water partition coefficient (Wildman–Crippen LogP) is 3.42. The van der Waals surface area contributed by atoms with Crippen LogP contribution in [-0.2, 0) is 4.79 Å². The molecular weight excluding hydrogens is 341 g/mol. The standard InChI is InChI=1S/C18H20FN3O4/c1-12(13-7-8-17(26-2)14(19)11-13)21-18(23)9-10-20-15-5-3-4-6-16(15)22(24)25/h3-8,11-12,20H,9-10H2,1-2H3,(H,21,23). The first kappa shape index (κ1) is 19.2. The second-order valence-electron chi connectivity index (χ2n) is 5.63. The molecule has 0 aromatic heterocycles. The zero-order valence-electron chi connectivity index (χ0n) is 14.5. The third-order valence-corrected chi connectivity index (χ3v) is 3.82. The van der Waals surface area contributed by atoms with Crippen LogP contribution in [0.15, 0.2) is 42.5 Å². The molecule has 1 unspecified atom stereocenters. The van der Waals surface area contributed by atoms with Gasteiger partial charge in [0, 0.05) is 19.0 Å². The van der Waals surface area contributed by atoms with Crippen molar-refractivity contribution in [2.45, 2.75) is 19.4 Å². The minimum absolute atomic E-state index is 0.0463. The lowest BCUT2D eigenvalue weighted by molar-refractivity contribution is -0.384. The van der Waals surface area contributed by atoms with Crippen molar-refractivity contribution in [1.29, 1.82) is 0 Å². The number of hydrogen-bond acceptors (Lipinski definition) is 5. The Kier molecular flexibility index (Phi) is 6.48. The highest BCUT2D eigenvalue weighted by atomic mass is 19.1. The van der Waals surface area contributed by atoms with Crippen molar-refractivity contribution in [2.24, 2.45) is 0 Å². The topological polar surface area (TPSA) is 93.5 Å². The van der Waals surface area contributed by atoms with Crippen LogP contribution >= 0.6 is 0 Å². The average molecular weight is 361 g/mol. The summed E-state index contributed by atoms with van der Waals surface area (Å²) in [4.78, 5) is 22.5. The van der Waals surface area contributed by atoms with Crippen molar-refractivity contribution in [3.63, 3.8) is 0 Å². The Hall–Kier alpha value is -3.16. The summed E-state index contributed by atoms with van der Waals surface area (Å²) in [5.74, 6) is -0.607. The van der Waals surface area contributed by atoms with Crippen molar-refractivity contribution in [1.82, 2.24) is 5.32 Å². The van der Waals surface area contributed by atoms with Crippen molar-refractivity contribution < 1.29 is 18.8 Å². The van der Waals surface area contributed by atoms with Gasteiger partial charge in [-0.25, -0.2) is 4.39 Å². The maximum absolute atomic E-state index is 13.7. The highest BCUT2D eigenvalue weighted by molar-refractivity contribution is 5.77. The number of nitrogens with zero attached hydrogens (tertiary/aromatic N) is 1. The van der Waals surface area contributed by atoms with E-state index in [4.69, 9.17) is 4.74 Å². The Morgan fingerprint density at radius 1 is 1.31 bits per heavy atom. The van der Waals surface area contributed by atoms with Crippen LogP contribution in [0.2, 0.25) is 0 Å². The fraction of sp³-hybridized carbons (Fsp3) is 0.278. The van der Waals surface area contributed by atoms with Gasteiger partial charge in [0.1, 0.15) is 5.69 Å². The summed E-state index contributed by atoms with van der Waals surface area (Å²) >= 11 is 0. The van der Waals surface area contributed by atoms with Gasteiger partial charge in [-0.2, -0.15) is 0 Å². The van der Waals surface area contributed by atoms with E-state index in [1.807, 2.05) is 0 Å². The Balaban J connectivity index is 1.87. The summed E-state index contributed by atoms with van der Waals surface area (Å²) in [5.41, 5.74) is 0.925. The van der Waals surface area contributed by atoms with Crippen LogP contribution < -0.4 is 15.4 Å². The number of halogens is 1. The summed E-state index contributed by atoms with van der Waals surface area (Å²) < 4.78 is 18.6. The Bertz CT molecular complexity index is 798. The number of anilines is 1. The van der Waals surface area contributed by atoms with E-state index in [1.54, 1.807) is 31.2 Å². The van der Waals surface area contributed by atoms with E-state index in [9.17, 15) is 19.3 Å². The monoisotopic (exact) mass is 361 g/mol. The fourth-order valence-electron chi connectivity index (χ4n) is 2.44.